The predicted octanol–water partition coefficient (Wildman–Crippen LogP) is 4.59. The van der Waals surface area contributed by atoms with Crippen molar-refractivity contribution in [3.63, 3.8) is 0 Å². The summed E-state index contributed by atoms with van der Waals surface area (Å²) in [5, 5.41) is 6.27. The van der Waals surface area contributed by atoms with Crippen molar-refractivity contribution in [2.24, 2.45) is 11.0 Å². The molecule has 128 valence electrons. The number of carbonyl (C=O) groups is 1. The van der Waals surface area contributed by atoms with Crippen LogP contribution in [0.1, 0.15) is 38.2 Å². The summed E-state index contributed by atoms with van der Waals surface area (Å²) < 4.78 is 5.91. The number of fused-ring (bicyclic) bond motifs is 1. The van der Waals surface area contributed by atoms with Gasteiger partial charge in [-0.3, -0.25) is 4.79 Å². The number of hydrazone groups is 1. The smallest absolute Gasteiger partial charge is 0.243 e. The summed E-state index contributed by atoms with van der Waals surface area (Å²) in [4.78, 5) is 17.5. The van der Waals surface area contributed by atoms with E-state index in [4.69, 9.17) is 4.42 Å². The summed E-state index contributed by atoms with van der Waals surface area (Å²) >= 11 is 1.60. The van der Waals surface area contributed by atoms with Crippen molar-refractivity contribution in [1.82, 2.24) is 10.4 Å². The highest BCUT2D eigenvalue weighted by molar-refractivity contribution is 7.13. The fraction of sp³-hybridized carbons (Fsp3) is 0.316. The Hall–Kier alpha value is -2.47. The second-order valence-corrected chi connectivity index (χ2v) is 7.20. The largest absolute Gasteiger partial charge is 0.435 e. The molecule has 2 aromatic heterocycles. The molecule has 6 heteroatoms. The van der Waals surface area contributed by atoms with Gasteiger partial charge in [0.05, 0.1) is 10.6 Å². The third-order valence-corrected chi connectivity index (χ3v) is 5.33. The Morgan fingerprint density at radius 1 is 1.36 bits per heavy atom. The summed E-state index contributed by atoms with van der Waals surface area (Å²) in [5.74, 6) is 0.666. The van der Waals surface area contributed by atoms with Crippen LogP contribution >= 0.6 is 11.3 Å². The molecular weight excluding hydrogens is 334 g/mol. The molecule has 1 N–H and O–H groups in total. The Kier molecular flexibility index (Phi) is 4.36. The molecule has 0 fully saturated rings. The van der Waals surface area contributed by atoms with Crippen molar-refractivity contribution in [1.29, 1.82) is 0 Å². The summed E-state index contributed by atoms with van der Waals surface area (Å²) in [6.45, 7) is 2.14. The molecule has 0 aliphatic carbocycles. The van der Waals surface area contributed by atoms with Gasteiger partial charge in [-0.25, -0.2) is 10.4 Å². The standard InChI is InChI=1S/C19H19N3O2S/c1-2-3-5-13-10-15(21-22-18(13)23)12-7-8-14-16(11-12)24-19(20-14)17-6-4-9-25-17/h4,6-9,11,13H,2-3,5,10H2,1H3,(H,22,23). The maximum Gasteiger partial charge on any atom is 0.243 e. The van der Waals surface area contributed by atoms with Crippen LogP contribution in [0.5, 0.6) is 0 Å². The maximum atomic E-state index is 12.0. The number of oxazole rings is 1. The number of carbonyl (C=O) groups excluding carboxylic acids is 1. The van der Waals surface area contributed by atoms with Crippen molar-refractivity contribution in [3.05, 3.63) is 41.3 Å². The van der Waals surface area contributed by atoms with Crippen LogP contribution in [0.15, 0.2) is 45.2 Å². The highest BCUT2D eigenvalue weighted by Gasteiger charge is 2.25. The number of rotatable bonds is 5. The van der Waals surface area contributed by atoms with Crippen molar-refractivity contribution in [2.45, 2.75) is 32.6 Å². The minimum absolute atomic E-state index is 0.000414. The van der Waals surface area contributed by atoms with E-state index in [2.05, 4.69) is 22.4 Å². The second kappa shape index (κ2) is 6.80. The van der Waals surface area contributed by atoms with E-state index in [-0.39, 0.29) is 11.8 Å². The van der Waals surface area contributed by atoms with E-state index in [0.29, 0.717) is 12.3 Å². The van der Waals surface area contributed by atoms with E-state index in [1.54, 1.807) is 11.3 Å². The monoisotopic (exact) mass is 353 g/mol. The minimum Gasteiger partial charge on any atom is -0.435 e. The number of nitrogens with zero attached hydrogens (tertiary/aromatic N) is 2. The predicted molar refractivity (Wildman–Crippen MR) is 99.6 cm³/mol. The number of unbranched alkanes of at least 4 members (excludes halogenated alkanes) is 1. The molecule has 25 heavy (non-hydrogen) atoms. The number of aromatic nitrogens is 1. The van der Waals surface area contributed by atoms with Crippen LogP contribution in [0, 0.1) is 5.92 Å². The maximum absolute atomic E-state index is 12.0. The molecule has 1 aliphatic heterocycles. The lowest BCUT2D eigenvalue weighted by atomic mass is 9.91. The first-order valence-electron chi connectivity index (χ1n) is 8.56. The van der Waals surface area contributed by atoms with Gasteiger partial charge in [0.2, 0.25) is 11.8 Å². The van der Waals surface area contributed by atoms with Crippen LogP contribution in [0.3, 0.4) is 0 Å². The Balaban J connectivity index is 1.62. The zero-order chi connectivity index (χ0) is 17.2. The quantitative estimate of drug-likeness (QED) is 0.729. The van der Waals surface area contributed by atoms with Crippen molar-refractivity contribution in [2.75, 3.05) is 0 Å². The lowest BCUT2D eigenvalue weighted by Gasteiger charge is -2.21. The van der Waals surface area contributed by atoms with E-state index in [1.165, 1.54) is 0 Å². The molecule has 1 aromatic carbocycles. The van der Waals surface area contributed by atoms with Gasteiger partial charge in [-0.1, -0.05) is 31.9 Å². The number of nitrogens with one attached hydrogen (secondary N) is 1. The van der Waals surface area contributed by atoms with Gasteiger partial charge >= 0.3 is 0 Å². The highest BCUT2D eigenvalue weighted by Crippen LogP contribution is 2.29. The summed E-state index contributed by atoms with van der Waals surface area (Å²) in [7, 11) is 0. The average Bonchev–Trinajstić information content (AvgIpc) is 3.29. The lowest BCUT2D eigenvalue weighted by Crippen LogP contribution is -2.34. The Morgan fingerprint density at radius 3 is 3.08 bits per heavy atom. The molecule has 1 unspecified atom stereocenters. The van der Waals surface area contributed by atoms with Crippen molar-refractivity contribution < 1.29 is 9.21 Å². The van der Waals surface area contributed by atoms with Crippen LogP contribution in [-0.4, -0.2) is 16.6 Å². The van der Waals surface area contributed by atoms with E-state index >= 15 is 0 Å². The van der Waals surface area contributed by atoms with Gasteiger partial charge < -0.3 is 4.42 Å². The average molecular weight is 353 g/mol. The second-order valence-electron chi connectivity index (χ2n) is 6.26. The fourth-order valence-electron chi connectivity index (χ4n) is 3.06. The van der Waals surface area contributed by atoms with Gasteiger partial charge in [-0.05, 0) is 30.0 Å². The molecule has 1 atom stereocenters. The van der Waals surface area contributed by atoms with Crippen LogP contribution in [0.4, 0.5) is 0 Å². The van der Waals surface area contributed by atoms with E-state index < -0.39 is 0 Å². The third kappa shape index (κ3) is 3.22. The van der Waals surface area contributed by atoms with E-state index in [0.717, 1.165) is 46.5 Å². The van der Waals surface area contributed by atoms with Crippen LogP contribution in [0.25, 0.3) is 21.9 Å². The van der Waals surface area contributed by atoms with Crippen molar-refractivity contribution >= 4 is 34.1 Å². The van der Waals surface area contributed by atoms with Gasteiger partial charge in [-0.2, -0.15) is 5.10 Å². The molecule has 1 aliphatic rings. The molecule has 4 rings (SSSR count). The third-order valence-electron chi connectivity index (χ3n) is 4.47. The zero-order valence-corrected chi connectivity index (χ0v) is 14.8. The van der Waals surface area contributed by atoms with Gasteiger partial charge in [0.1, 0.15) is 5.52 Å². The topological polar surface area (TPSA) is 67.5 Å². The van der Waals surface area contributed by atoms with Gasteiger partial charge in [0.25, 0.3) is 0 Å². The SMILES string of the molecule is CCCCC1CC(c2ccc3nc(-c4cccs4)oc3c2)=NNC1=O. The molecule has 3 heterocycles. The van der Waals surface area contributed by atoms with Gasteiger partial charge in [0, 0.05) is 17.9 Å². The van der Waals surface area contributed by atoms with Crippen LogP contribution in [0.2, 0.25) is 0 Å². The lowest BCUT2D eigenvalue weighted by molar-refractivity contribution is -0.125. The van der Waals surface area contributed by atoms with E-state index in [1.807, 2.05) is 35.7 Å². The minimum atomic E-state index is -0.000414. The molecule has 0 saturated carbocycles. The Bertz CT molecular complexity index is 927. The number of hydrogen-bond donors (Lipinski definition) is 1. The molecule has 0 bridgehead atoms. The first kappa shape index (κ1) is 16.0. The van der Waals surface area contributed by atoms with Gasteiger partial charge in [0.15, 0.2) is 5.58 Å². The molecule has 0 spiro atoms. The molecule has 5 nitrogen and oxygen atoms in total. The number of amides is 1. The van der Waals surface area contributed by atoms with Crippen LogP contribution in [-0.2, 0) is 4.79 Å². The summed E-state index contributed by atoms with van der Waals surface area (Å²) in [6.07, 6.45) is 3.71. The first-order valence-corrected chi connectivity index (χ1v) is 9.44. The molecule has 0 radical (unpaired) electrons. The normalized spacial score (nSPS) is 17.6. The Morgan fingerprint density at radius 2 is 2.28 bits per heavy atom. The van der Waals surface area contributed by atoms with Crippen molar-refractivity contribution in [3.8, 4) is 10.8 Å². The Labute approximate surface area is 149 Å². The number of thiophene rings is 1. The highest BCUT2D eigenvalue weighted by atomic mass is 32.1. The number of benzene rings is 1. The molecule has 0 saturated heterocycles. The molecule has 3 aromatic rings. The zero-order valence-electron chi connectivity index (χ0n) is 14.0. The van der Waals surface area contributed by atoms with Crippen LogP contribution < -0.4 is 5.43 Å². The van der Waals surface area contributed by atoms with E-state index in [9.17, 15) is 4.79 Å². The molecule has 1 amide bonds. The summed E-state index contributed by atoms with van der Waals surface area (Å²) in [6, 6.07) is 9.89. The summed E-state index contributed by atoms with van der Waals surface area (Å²) in [5.41, 5.74) is 6.11. The van der Waals surface area contributed by atoms with Gasteiger partial charge in [-0.15, -0.1) is 11.3 Å². The molecular formula is C19H19N3O2S. The first-order chi connectivity index (χ1) is 12.2. The fourth-order valence-corrected chi connectivity index (χ4v) is 3.71. The number of hydrogen-bond acceptors (Lipinski definition) is 5.